The predicted octanol–water partition coefficient (Wildman–Crippen LogP) is -0.586. The Balaban J connectivity index is 2.38. The minimum Gasteiger partial charge on any atom is -0.346 e. The van der Waals surface area contributed by atoms with Gasteiger partial charge in [0, 0.05) is 23.6 Å². The summed E-state index contributed by atoms with van der Waals surface area (Å²) >= 11 is 1.89. The maximum Gasteiger partial charge on any atom is 0.242 e. The van der Waals surface area contributed by atoms with Gasteiger partial charge in [-0.15, -0.1) is 0 Å². The van der Waals surface area contributed by atoms with E-state index in [0.29, 0.717) is 10.5 Å². The molecule has 0 aromatic rings. The van der Waals surface area contributed by atoms with Crippen LogP contribution in [-0.4, -0.2) is 53.4 Å². The fourth-order valence-electron chi connectivity index (χ4n) is 1.74. The first-order valence-electron chi connectivity index (χ1n) is 5.43. The van der Waals surface area contributed by atoms with Gasteiger partial charge in [0.15, 0.2) is 0 Å². The molecular formula is C10H19N3O2S. The number of nitrogens with two attached hydrogens (primary N) is 1. The van der Waals surface area contributed by atoms with E-state index in [1.54, 1.807) is 0 Å². The molecule has 2 amide bonds. The van der Waals surface area contributed by atoms with Crippen molar-refractivity contribution in [1.29, 1.82) is 0 Å². The van der Waals surface area contributed by atoms with Crippen molar-refractivity contribution >= 4 is 23.6 Å². The van der Waals surface area contributed by atoms with Crippen LogP contribution in [0.4, 0.5) is 0 Å². The summed E-state index contributed by atoms with van der Waals surface area (Å²) in [6.07, 6.45) is 0. The summed E-state index contributed by atoms with van der Waals surface area (Å²) in [4.78, 5) is 24.5. The monoisotopic (exact) mass is 245 g/mol. The lowest BCUT2D eigenvalue weighted by atomic mass is 10.3. The number of rotatable bonds is 3. The van der Waals surface area contributed by atoms with E-state index in [9.17, 15) is 9.59 Å². The first-order chi connectivity index (χ1) is 7.52. The number of nitrogens with one attached hydrogen (secondary N) is 1. The van der Waals surface area contributed by atoms with Crippen molar-refractivity contribution in [2.45, 2.75) is 24.3 Å². The number of carbonyl (C=O) groups is 2. The molecule has 92 valence electrons. The van der Waals surface area contributed by atoms with E-state index in [0.717, 1.165) is 13.1 Å². The molecule has 16 heavy (non-hydrogen) atoms. The lowest BCUT2D eigenvalue weighted by Gasteiger charge is -2.34. The molecule has 2 atom stereocenters. The summed E-state index contributed by atoms with van der Waals surface area (Å²) < 4.78 is 0. The van der Waals surface area contributed by atoms with Gasteiger partial charge in [-0.2, -0.15) is 11.8 Å². The average Bonchev–Trinajstić information content (AvgIpc) is 2.23. The molecule has 1 rings (SSSR count). The lowest BCUT2D eigenvalue weighted by Crippen LogP contribution is -2.48. The molecular weight excluding hydrogens is 226 g/mol. The molecule has 5 nitrogen and oxygen atoms in total. The molecule has 0 aromatic carbocycles. The van der Waals surface area contributed by atoms with Crippen molar-refractivity contribution < 1.29 is 9.59 Å². The molecule has 0 spiro atoms. The van der Waals surface area contributed by atoms with Gasteiger partial charge in [0.25, 0.3) is 0 Å². The third kappa shape index (κ3) is 4.02. The normalized spacial score (nSPS) is 25.3. The minimum atomic E-state index is -0.291. The van der Waals surface area contributed by atoms with Crippen molar-refractivity contribution in [2.24, 2.45) is 5.73 Å². The molecule has 6 heteroatoms. The van der Waals surface area contributed by atoms with Crippen LogP contribution in [0.15, 0.2) is 0 Å². The summed E-state index contributed by atoms with van der Waals surface area (Å²) in [5.41, 5.74) is 5.14. The molecule has 1 aliphatic rings. The third-order valence-electron chi connectivity index (χ3n) is 2.39. The van der Waals surface area contributed by atoms with Gasteiger partial charge in [-0.25, -0.2) is 0 Å². The fraction of sp³-hybridized carbons (Fsp3) is 0.800. The molecule has 1 saturated heterocycles. The van der Waals surface area contributed by atoms with E-state index in [-0.39, 0.29) is 24.9 Å². The van der Waals surface area contributed by atoms with Gasteiger partial charge in [-0.3, -0.25) is 9.59 Å². The molecule has 0 bridgehead atoms. The van der Waals surface area contributed by atoms with Gasteiger partial charge < -0.3 is 16.0 Å². The zero-order chi connectivity index (χ0) is 12.1. The van der Waals surface area contributed by atoms with Crippen molar-refractivity contribution in [2.75, 3.05) is 26.2 Å². The predicted molar refractivity (Wildman–Crippen MR) is 65.2 cm³/mol. The quantitative estimate of drug-likeness (QED) is 0.697. The van der Waals surface area contributed by atoms with Gasteiger partial charge in [-0.05, 0) is 0 Å². The van der Waals surface area contributed by atoms with Crippen molar-refractivity contribution in [3.63, 3.8) is 0 Å². The molecule has 0 radical (unpaired) electrons. The number of thioether (sulfide) groups is 1. The molecule has 0 saturated carbocycles. The Morgan fingerprint density at radius 3 is 2.44 bits per heavy atom. The zero-order valence-electron chi connectivity index (χ0n) is 9.73. The second-order valence-electron chi connectivity index (χ2n) is 4.04. The summed E-state index contributed by atoms with van der Waals surface area (Å²) in [6.45, 7) is 5.72. The maximum atomic E-state index is 11.8. The summed E-state index contributed by atoms with van der Waals surface area (Å²) in [5, 5.41) is 3.41. The summed E-state index contributed by atoms with van der Waals surface area (Å²) in [7, 11) is 0. The molecule has 2 unspecified atom stereocenters. The average molecular weight is 245 g/mol. The number of nitrogens with zero attached hydrogens (tertiary/aromatic N) is 1. The van der Waals surface area contributed by atoms with Crippen molar-refractivity contribution in [3.05, 3.63) is 0 Å². The molecule has 0 aromatic heterocycles. The van der Waals surface area contributed by atoms with Crippen LogP contribution in [0.25, 0.3) is 0 Å². The lowest BCUT2D eigenvalue weighted by molar-refractivity contribution is -0.132. The van der Waals surface area contributed by atoms with Gasteiger partial charge in [0.2, 0.25) is 11.8 Å². The smallest absolute Gasteiger partial charge is 0.242 e. The molecule has 0 aliphatic carbocycles. The highest BCUT2D eigenvalue weighted by molar-refractivity contribution is 8.00. The number of amides is 2. The van der Waals surface area contributed by atoms with Crippen molar-refractivity contribution in [3.8, 4) is 0 Å². The third-order valence-corrected chi connectivity index (χ3v) is 3.62. The molecule has 3 N–H and O–H groups in total. The van der Waals surface area contributed by atoms with Gasteiger partial charge in [-0.1, -0.05) is 13.8 Å². The van der Waals surface area contributed by atoms with Gasteiger partial charge >= 0.3 is 0 Å². The van der Waals surface area contributed by atoms with Crippen LogP contribution in [0.5, 0.6) is 0 Å². The Morgan fingerprint density at radius 1 is 1.38 bits per heavy atom. The van der Waals surface area contributed by atoms with E-state index in [4.69, 9.17) is 5.73 Å². The number of hydrogen-bond donors (Lipinski definition) is 2. The van der Waals surface area contributed by atoms with E-state index >= 15 is 0 Å². The fourth-order valence-corrected chi connectivity index (χ4v) is 3.06. The Bertz CT molecular complexity index is 263. The highest BCUT2D eigenvalue weighted by Gasteiger charge is 2.25. The van der Waals surface area contributed by atoms with Crippen LogP contribution < -0.4 is 11.1 Å². The Kier molecular flexibility index (Phi) is 5.08. The van der Waals surface area contributed by atoms with Crippen LogP contribution in [-0.2, 0) is 9.59 Å². The largest absolute Gasteiger partial charge is 0.346 e. The standard InChI is InChI=1S/C10H19N3O2S/c1-7-5-13(6-8(2)16-7)10(15)4-12-9(14)3-11/h7-8H,3-6,11H2,1-2H3,(H,12,14). The van der Waals surface area contributed by atoms with Gasteiger partial charge in [0.05, 0.1) is 13.1 Å². The van der Waals surface area contributed by atoms with Crippen LogP contribution in [0, 0.1) is 0 Å². The van der Waals surface area contributed by atoms with Crippen LogP contribution in [0.1, 0.15) is 13.8 Å². The summed E-state index contributed by atoms with van der Waals surface area (Å²) in [5.74, 6) is -0.318. The zero-order valence-corrected chi connectivity index (χ0v) is 10.5. The summed E-state index contributed by atoms with van der Waals surface area (Å²) in [6, 6.07) is 0. The highest BCUT2D eigenvalue weighted by Crippen LogP contribution is 2.24. The number of carbonyl (C=O) groups excluding carboxylic acids is 2. The van der Waals surface area contributed by atoms with E-state index in [1.807, 2.05) is 16.7 Å². The molecule has 1 fully saturated rings. The Labute approximate surface area is 100 Å². The van der Waals surface area contributed by atoms with Crippen LogP contribution in [0.3, 0.4) is 0 Å². The van der Waals surface area contributed by atoms with Crippen LogP contribution >= 0.6 is 11.8 Å². The van der Waals surface area contributed by atoms with E-state index < -0.39 is 0 Å². The van der Waals surface area contributed by atoms with Gasteiger partial charge in [0.1, 0.15) is 0 Å². The minimum absolute atomic E-state index is 0.0270. The Hall–Kier alpha value is -0.750. The maximum absolute atomic E-state index is 11.8. The Morgan fingerprint density at radius 2 is 1.94 bits per heavy atom. The molecule has 1 heterocycles. The van der Waals surface area contributed by atoms with E-state index in [2.05, 4.69) is 19.2 Å². The highest BCUT2D eigenvalue weighted by atomic mass is 32.2. The van der Waals surface area contributed by atoms with Crippen molar-refractivity contribution in [1.82, 2.24) is 10.2 Å². The molecule has 1 aliphatic heterocycles. The second kappa shape index (κ2) is 6.10. The van der Waals surface area contributed by atoms with E-state index in [1.165, 1.54) is 0 Å². The van der Waals surface area contributed by atoms with Crippen LogP contribution in [0.2, 0.25) is 0 Å². The topological polar surface area (TPSA) is 75.4 Å². The first-order valence-corrected chi connectivity index (χ1v) is 6.37. The SMILES string of the molecule is CC1CN(C(=O)CNC(=O)CN)CC(C)S1. The second-order valence-corrected chi connectivity index (χ2v) is 5.92. The number of hydrogen-bond acceptors (Lipinski definition) is 4. The first kappa shape index (κ1) is 13.3.